The van der Waals surface area contributed by atoms with Gasteiger partial charge in [0.05, 0.1) is 0 Å². The largest absolute Gasteiger partial charge is 0.311 e. The summed E-state index contributed by atoms with van der Waals surface area (Å²) in [6, 6.07) is 1.58. The van der Waals surface area contributed by atoms with Gasteiger partial charge in [0.1, 0.15) is 0 Å². The molecule has 0 aromatic carbocycles. The van der Waals surface area contributed by atoms with Crippen molar-refractivity contribution in [3.8, 4) is 0 Å². The quantitative estimate of drug-likeness (QED) is 0.666. The van der Waals surface area contributed by atoms with Crippen LogP contribution >= 0.6 is 0 Å². The normalized spacial score (nSPS) is 25.2. The van der Waals surface area contributed by atoms with Crippen LogP contribution in [0.25, 0.3) is 0 Å². The molecule has 0 saturated heterocycles. The zero-order valence-corrected chi connectivity index (χ0v) is 9.69. The Morgan fingerprint density at radius 3 is 2.00 bits per heavy atom. The second kappa shape index (κ2) is 4.45. The summed E-state index contributed by atoms with van der Waals surface area (Å²) in [6.07, 6.45) is 6.69. The van der Waals surface area contributed by atoms with E-state index in [1.807, 2.05) is 0 Å². The minimum Gasteiger partial charge on any atom is -0.311 e. The third-order valence-corrected chi connectivity index (χ3v) is 3.22. The van der Waals surface area contributed by atoms with Gasteiger partial charge in [0.15, 0.2) is 0 Å². The lowest BCUT2D eigenvalue weighted by atomic mass is 10.1. The molecule has 0 aromatic heterocycles. The first-order valence-electron chi connectivity index (χ1n) is 5.86. The fourth-order valence-corrected chi connectivity index (χ4v) is 2.04. The van der Waals surface area contributed by atoms with E-state index in [1.165, 1.54) is 32.1 Å². The van der Waals surface area contributed by atoms with E-state index in [-0.39, 0.29) is 0 Å². The summed E-state index contributed by atoms with van der Waals surface area (Å²) in [6.45, 7) is 9.28. The van der Waals surface area contributed by atoms with Gasteiger partial charge in [0, 0.05) is 12.1 Å². The Hall–Kier alpha value is -0.0400. The van der Waals surface area contributed by atoms with E-state index in [9.17, 15) is 0 Å². The van der Waals surface area contributed by atoms with E-state index in [0.717, 1.165) is 12.1 Å². The molecule has 1 saturated carbocycles. The smallest absolute Gasteiger partial charge is 0.0127 e. The molecule has 0 aliphatic heterocycles. The Balaban J connectivity index is 2.23. The summed E-state index contributed by atoms with van der Waals surface area (Å²) in [5, 5.41) is 3.78. The first kappa shape index (κ1) is 11.0. The molecule has 78 valence electrons. The Labute approximate surface area is 83.3 Å². The van der Waals surface area contributed by atoms with Crippen LogP contribution in [-0.4, -0.2) is 12.1 Å². The van der Waals surface area contributed by atoms with Crippen molar-refractivity contribution in [2.24, 2.45) is 5.41 Å². The molecule has 1 N–H and O–H groups in total. The van der Waals surface area contributed by atoms with Crippen LogP contribution < -0.4 is 5.32 Å². The second-order valence-electron chi connectivity index (χ2n) is 5.19. The molecule has 1 fully saturated rings. The van der Waals surface area contributed by atoms with Crippen LogP contribution in [0.4, 0.5) is 0 Å². The van der Waals surface area contributed by atoms with E-state index >= 15 is 0 Å². The number of rotatable bonds is 6. The van der Waals surface area contributed by atoms with Gasteiger partial charge in [-0.2, -0.15) is 0 Å². The lowest BCUT2D eigenvalue weighted by Gasteiger charge is -2.18. The van der Waals surface area contributed by atoms with Gasteiger partial charge in [0.2, 0.25) is 0 Å². The maximum atomic E-state index is 3.78. The Morgan fingerprint density at radius 1 is 1.23 bits per heavy atom. The highest BCUT2D eigenvalue weighted by Gasteiger charge is 2.45. The first-order valence-corrected chi connectivity index (χ1v) is 5.86. The highest BCUT2D eigenvalue weighted by Crippen LogP contribution is 2.45. The molecule has 1 nitrogen and oxygen atoms in total. The SMILES string of the molecule is CCCC(CCC)NC1CC1(C)C. The predicted octanol–water partition coefficient (Wildman–Crippen LogP) is 3.34. The molecule has 1 unspecified atom stereocenters. The predicted molar refractivity (Wildman–Crippen MR) is 58.9 cm³/mol. The lowest BCUT2D eigenvalue weighted by molar-refractivity contribution is 0.411. The highest BCUT2D eigenvalue weighted by atomic mass is 15.0. The topological polar surface area (TPSA) is 12.0 Å². The van der Waals surface area contributed by atoms with E-state index in [1.54, 1.807) is 0 Å². The molecular formula is C12H25N. The van der Waals surface area contributed by atoms with Crippen molar-refractivity contribution < 1.29 is 0 Å². The van der Waals surface area contributed by atoms with Crippen LogP contribution in [-0.2, 0) is 0 Å². The molecular weight excluding hydrogens is 158 g/mol. The average molecular weight is 183 g/mol. The van der Waals surface area contributed by atoms with Crippen molar-refractivity contribution >= 4 is 0 Å². The van der Waals surface area contributed by atoms with Crippen LogP contribution in [0.3, 0.4) is 0 Å². The van der Waals surface area contributed by atoms with Crippen molar-refractivity contribution in [2.45, 2.75) is 71.9 Å². The van der Waals surface area contributed by atoms with Gasteiger partial charge in [-0.1, -0.05) is 40.5 Å². The summed E-state index contributed by atoms with van der Waals surface area (Å²) in [7, 11) is 0. The zero-order valence-electron chi connectivity index (χ0n) is 9.69. The molecule has 1 aliphatic rings. The highest BCUT2D eigenvalue weighted by molar-refractivity contribution is 5.02. The molecule has 1 atom stereocenters. The number of nitrogens with one attached hydrogen (secondary N) is 1. The molecule has 0 heterocycles. The number of hydrogen-bond acceptors (Lipinski definition) is 1. The fraction of sp³-hybridized carbons (Fsp3) is 1.00. The monoisotopic (exact) mass is 183 g/mol. The van der Waals surface area contributed by atoms with Crippen LogP contribution in [0.1, 0.15) is 59.8 Å². The Bertz CT molecular complexity index is 145. The van der Waals surface area contributed by atoms with Crippen LogP contribution in [0.15, 0.2) is 0 Å². The summed E-state index contributed by atoms with van der Waals surface area (Å²) in [4.78, 5) is 0. The van der Waals surface area contributed by atoms with Gasteiger partial charge < -0.3 is 5.32 Å². The van der Waals surface area contributed by atoms with Crippen LogP contribution in [0.5, 0.6) is 0 Å². The molecule has 0 radical (unpaired) electrons. The average Bonchev–Trinajstić information content (AvgIpc) is 2.59. The Morgan fingerprint density at radius 2 is 1.69 bits per heavy atom. The van der Waals surface area contributed by atoms with Gasteiger partial charge in [-0.25, -0.2) is 0 Å². The zero-order chi connectivity index (χ0) is 9.90. The molecule has 1 aliphatic carbocycles. The standard InChI is InChI=1S/C12H25N/c1-5-7-10(8-6-2)13-11-9-12(11,3)4/h10-11,13H,5-9H2,1-4H3. The van der Waals surface area contributed by atoms with Gasteiger partial charge in [-0.15, -0.1) is 0 Å². The minimum atomic E-state index is 0.583. The summed E-state index contributed by atoms with van der Waals surface area (Å²) in [5.74, 6) is 0. The third-order valence-electron chi connectivity index (χ3n) is 3.22. The van der Waals surface area contributed by atoms with Gasteiger partial charge in [0.25, 0.3) is 0 Å². The molecule has 0 aromatic rings. The molecule has 0 amide bonds. The minimum absolute atomic E-state index is 0.583. The van der Waals surface area contributed by atoms with E-state index in [0.29, 0.717) is 5.41 Å². The maximum absolute atomic E-state index is 3.78. The van der Waals surface area contributed by atoms with Gasteiger partial charge in [-0.3, -0.25) is 0 Å². The van der Waals surface area contributed by atoms with Crippen molar-refractivity contribution in [2.75, 3.05) is 0 Å². The van der Waals surface area contributed by atoms with Crippen molar-refractivity contribution in [1.29, 1.82) is 0 Å². The molecule has 13 heavy (non-hydrogen) atoms. The molecule has 1 rings (SSSR count). The van der Waals surface area contributed by atoms with Crippen molar-refractivity contribution in [1.82, 2.24) is 5.32 Å². The van der Waals surface area contributed by atoms with Crippen molar-refractivity contribution in [3.05, 3.63) is 0 Å². The summed E-state index contributed by atoms with van der Waals surface area (Å²) < 4.78 is 0. The Kier molecular flexibility index (Phi) is 3.78. The van der Waals surface area contributed by atoms with Crippen LogP contribution in [0.2, 0.25) is 0 Å². The number of hydrogen-bond donors (Lipinski definition) is 1. The first-order chi connectivity index (χ1) is 6.10. The second-order valence-corrected chi connectivity index (χ2v) is 5.19. The van der Waals surface area contributed by atoms with Gasteiger partial charge >= 0.3 is 0 Å². The van der Waals surface area contributed by atoms with E-state index < -0.39 is 0 Å². The lowest BCUT2D eigenvalue weighted by Crippen LogP contribution is -2.32. The fourth-order valence-electron chi connectivity index (χ4n) is 2.04. The maximum Gasteiger partial charge on any atom is 0.0127 e. The van der Waals surface area contributed by atoms with Gasteiger partial charge in [-0.05, 0) is 24.7 Å². The van der Waals surface area contributed by atoms with Crippen molar-refractivity contribution in [3.63, 3.8) is 0 Å². The molecule has 1 heteroatoms. The summed E-state index contributed by atoms with van der Waals surface area (Å²) in [5.41, 5.74) is 0.583. The molecule has 0 bridgehead atoms. The third kappa shape index (κ3) is 3.30. The molecule has 0 spiro atoms. The van der Waals surface area contributed by atoms with E-state index in [4.69, 9.17) is 0 Å². The summed E-state index contributed by atoms with van der Waals surface area (Å²) >= 11 is 0. The van der Waals surface area contributed by atoms with E-state index in [2.05, 4.69) is 33.0 Å². The van der Waals surface area contributed by atoms with Crippen LogP contribution in [0, 0.1) is 5.41 Å².